The number of aliphatic hydroxyl groups is 1. The molecule has 1 aromatic heterocycles. The molecule has 0 spiro atoms. The number of nitrogens with zero attached hydrogens (tertiary/aromatic N) is 2. The van der Waals surface area contributed by atoms with Crippen molar-refractivity contribution in [2.24, 2.45) is 7.05 Å². The molecule has 1 heterocycles. The number of hydrogen-bond acceptors (Lipinski definition) is 3. The van der Waals surface area contributed by atoms with Gasteiger partial charge in [-0.2, -0.15) is 5.10 Å². The molecule has 22 heavy (non-hydrogen) atoms. The lowest BCUT2D eigenvalue weighted by atomic mass is 9.96. The number of amides is 1. The minimum Gasteiger partial charge on any atom is -0.384 e. The Morgan fingerprint density at radius 2 is 2.09 bits per heavy atom. The molecule has 0 fully saturated rings. The van der Waals surface area contributed by atoms with Crippen LogP contribution in [0, 0.1) is 6.92 Å². The molecular weight excluding hydrogens is 278 g/mol. The van der Waals surface area contributed by atoms with E-state index in [9.17, 15) is 9.90 Å². The molecule has 0 radical (unpaired) electrons. The van der Waals surface area contributed by atoms with Gasteiger partial charge in [0.15, 0.2) is 0 Å². The Morgan fingerprint density at radius 3 is 2.68 bits per heavy atom. The Balaban J connectivity index is 1.94. The van der Waals surface area contributed by atoms with Crippen molar-refractivity contribution in [1.82, 2.24) is 15.1 Å². The zero-order valence-corrected chi connectivity index (χ0v) is 13.1. The highest BCUT2D eigenvalue weighted by Gasteiger charge is 2.22. The SMILES string of the molecule is Cc1c(/C=C/C(=O)NCC(C)(O)c2ccccc2)cnn1C. The summed E-state index contributed by atoms with van der Waals surface area (Å²) in [5.74, 6) is -0.251. The molecule has 1 atom stereocenters. The van der Waals surface area contributed by atoms with Crippen LogP contribution in [0.15, 0.2) is 42.6 Å². The summed E-state index contributed by atoms with van der Waals surface area (Å²) in [5.41, 5.74) is 1.55. The summed E-state index contributed by atoms with van der Waals surface area (Å²) in [6.45, 7) is 3.76. The third kappa shape index (κ3) is 3.83. The Kier molecular flexibility index (Phi) is 4.78. The van der Waals surface area contributed by atoms with Crippen molar-refractivity contribution in [1.29, 1.82) is 0 Å². The third-order valence-electron chi connectivity index (χ3n) is 3.69. The zero-order valence-electron chi connectivity index (χ0n) is 13.1. The first kappa shape index (κ1) is 16.0. The average molecular weight is 299 g/mol. The minimum absolute atomic E-state index is 0.145. The standard InChI is InChI=1S/C17H21N3O2/c1-13-14(11-19-20(13)3)9-10-16(21)18-12-17(2,22)15-7-5-4-6-8-15/h4-11,22H,12H2,1-3H3,(H,18,21)/b10-9+. The third-order valence-corrected chi connectivity index (χ3v) is 3.69. The molecule has 5 heteroatoms. The van der Waals surface area contributed by atoms with Crippen LogP contribution in [0.2, 0.25) is 0 Å². The number of carbonyl (C=O) groups is 1. The number of nitrogens with one attached hydrogen (secondary N) is 1. The molecule has 1 unspecified atom stereocenters. The molecule has 2 rings (SSSR count). The van der Waals surface area contributed by atoms with Gasteiger partial charge < -0.3 is 10.4 Å². The van der Waals surface area contributed by atoms with Crippen molar-refractivity contribution in [2.75, 3.05) is 6.54 Å². The van der Waals surface area contributed by atoms with E-state index in [0.717, 1.165) is 16.8 Å². The summed E-state index contributed by atoms with van der Waals surface area (Å²) in [6, 6.07) is 9.27. The van der Waals surface area contributed by atoms with E-state index in [-0.39, 0.29) is 12.5 Å². The van der Waals surface area contributed by atoms with Gasteiger partial charge in [0, 0.05) is 24.4 Å². The number of aryl methyl sites for hydroxylation is 1. The van der Waals surface area contributed by atoms with Crippen molar-refractivity contribution < 1.29 is 9.90 Å². The maximum atomic E-state index is 11.9. The fourth-order valence-electron chi connectivity index (χ4n) is 2.06. The molecule has 0 bridgehead atoms. The van der Waals surface area contributed by atoms with Gasteiger partial charge in [-0.25, -0.2) is 0 Å². The second-order valence-corrected chi connectivity index (χ2v) is 5.50. The molecular formula is C17H21N3O2. The first-order chi connectivity index (χ1) is 10.4. The predicted molar refractivity (Wildman–Crippen MR) is 86.0 cm³/mol. The van der Waals surface area contributed by atoms with Gasteiger partial charge in [0.05, 0.1) is 12.7 Å². The summed E-state index contributed by atoms with van der Waals surface area (Å²) in [5, 5.41) is 17.2. The Hall–Kier alpha value is -2.40. The normalized spacial score (nSPS) is 14.0. The lowest BCUT2D eigenvalue weighted by molar-refractivity contribution is -0.117. The maximum Gasteiger partial charge on any atom is 0.244 e. The minimum atomic E-state index is -1.10. The van der Waals surface area contributed by atoms with Crippen LogP contribution >= 0.6 is 0 Å². The van der Waals surface area contributed by atoms with Gasteiger partial charge in [-0.15, -0.1) is 0 Å². The number of benzene rings is 1. The molecule has 0 aliphatic rings. The fourth-order valence-corrected chi connectivity index (χ4v) is 2.06. The summed E-state index contributed by atoms with van der Waals surface area (Å²) in [6.07, 6.45) is 4.87. The first-order valence-electron chi connectivity index (χ1n) is 7.12. The van der Waals surface area contributed by atoms with E-state index < -0.39 is 5.60 Å². The molecule has 0 saturated carbocycles. The molecule has 1 aromatic carbocycles. The summed E-state index contributed by atoms with van der Waals surface area (Å²) >= 11 is 0. The van der Waals surface area contributed by atoms with Crippen LogP contribution in [-0.4, -0.2) is 27.3 Å². The maximum absolute atomic E-state index is 11.9. The lowest BCUT2D eigenvalue weighted by Crippen LogP contribution is -2.37. The van der Waals surface area contributed by atoms with Gasteiger partial charge in [-0.1, -0.05) is 30.3 Å². The van der Waals surface area contributed by atoms with E-state index in [2.05, 4.69) is 10.4 Å². The van der Waals surface area contributed by atoms with Crippen molar-refractivity contribution in [3.63, 3.8) is 0 Å². The van der Waals surface area contributed by atoms with Crippen LogP contribution in [-0.2, 0) is 17.4 Å². The topological polar surface area (TPSA) is 67.2 Å². The van der Waals surface area contributed by atoms with Gasteiger partial charge in [-0.05, 0) is 25.5 Å². The van der Waals surface area contributed by atoms with Crippen LogP contribution in [0.25, 0.3) is 6.08 Å². The average Bonchev–Trinajstić information content (AvgIpc) is 2.83. The van der Waals surface area contributed by atoms with Crippen LogP contribution in [0.3, 0.4) is 0 Å². The van der Waals surface area contributed by atoms with Crippen LogP contribution in [0.1, 0.15) is 23.7 Å². The van der Waals surface area contributed by atoms with E-state index in [1.165, 1.54) is 6.08 Å². The highest BCUT2D eigenvalue weighted by atomic mass is 16.3. The van der Waals surface area contributed by atoms with Gasteiger partial charge in [0.1, 0.15) is 5.60 Å². The van der Waals surface area contributed by atoms with Gasteiger partial charge in [0.25, 0.3) is 0 Å². The Morgan fingerprint density at radius 1 is 1.41 bits per heavy atom. The van der Waals surface area contributed by atoms with E-state index in [4.69, 9.17) is 0 Å². The number of hydrogen-bond donors (Lipinski definition) is 2. The van der Waals surface area contributed by atoms with Crippen molar-refractivity contribution in [3.8, 4) is 0 Å². The van der Waals surface area contributed by atoms with Gasteiger partial charge in [-0.3, -0.25) is 9.48 Å². The molecule has 0 aliphatic carbocycles. The first-order valence-corrected chi connectivity index (χ1v) is 7.12. The van der Waals surface area contributed by atoms with Crippen molar-refractivity contribution in [3.05, 3.63) is 59.4 Å². The van der Waals surface area contributed by atoms with E-state index in [0.29, 0.717) is 0 Å². The molecule has 0 saturated heterocycles. The quantitative estimate of drug-likeness (QED) is 0.827. The fraction of sp³-hybridized carbons (Fsp3) is 0.294. The van der Waals surface area contributed by atoms with Crippen LogP contribution < -0.4 is 5.32 Å². The highest BCUT2D eigenvalue weighted by molar-refractivity contribution is 5.91. The van der Waals surface area contributed by atoms with Crippen LogP contribution in [0.4, 0.5) is 0 Å². The molecule has 0 aliphatic heterocycles. The van der Waals surface area contributed by atoms with Gasteiger partial charge >= 0.3 is 0 Å². The zero-order chi connectivity index (χ0) is 16.2. The second-order valence-electron chi connectivity index (χ2n) is 5.50. The molecule has 2 aromatic rings. The Bertz CT molecular complexity index is 672. The lowest BCUT2D eigenvalue weighted by Gasteiger charge is -2.23. The summed E-state index contributed by atoms with van der Waals surface area (Å²) < 4.78 is 1.75. The van der Waals surface area contributed by atoms with Gasteiger partial charge in [0.2, 0.25) is 5.91 Å². The highest BCUT2D eigenvalue weighted by Crippen LogP contribution is 2.18. The predicted octanol–water partition coefficient (Wildman–Crippen LogP) is 1.77. The largest absolute Gasteiger partial charge is 0.384 e. The summed E-state index contributed by atoms with van der Waals surface area (Å²) in [4.78, 5) is 11.9. The number of carbonyl (C=O) groups excluding carboxylic acids is 1. The Labute approximate surface area is 130 Å². The summed E-state index contributed by atoms with van der Waals surface area (Å²) in [7, 11) is 1.85. The van der Waals surface area contributed by atoms with E-state index >= 15 is 0 Å². The molecule has 2 N–H and O–H groups in total. The van der Waals surface area contributed by atoms with E-state index in [1.807, 2.05) is 44.3 Å². The molecule has 5 nitrogen and oxygen atoms in total. The number of aromatic nitrogens is 2. The molecule has 116 valence electrons. The number of rotatable bonds is 5. The van der Waals surface area contributed by atoms with Crippen LogP contribution in [0.5, 0.6) is 0 Å². The van der Waals surface area contributed by atoms with Crippen molar-refractivity contribution >= 4 is 12.0 Å². The molecule has 1 amide bonds. The smallest absolute Gasteiger partial charge is 0.244 e. The second kappa shape index (κ2) is 6.58. The van der Waals surface area contributed by atoms with E-state index in [1.54, 1.807) is 23.9 Å². The monoisotopic (exact) mass is 299 g/mol. The van der Waals surface area contributed by atoms with Crippen molar-refractivity contribution in [2.45, 2.75) is 19.4 Å².